The van der Waals surface area contributed by atoms with E-state index in [9.17, 15) is 4.79 Å². The number of ether oxygens (including phenoxy) is 1. The second kappa shape index (κ2) is 8.07. The summed E-state index contributed by atoms with van der Waals surface area (Å²) in [6, 6.07) is 3.93. The lowest BCUT2D eigenvalue weighted by Gasteiger charge is -2.10. The Balaban J connectivity index is 2.31. The van der Waals surface area contributed by atoms with Gasteiger partial charge in [-0.3, -0.25) is 0 Å². The van der Waals surface area contributed by atoms with E-state index >= 15 is 0 Å². The van der Waals surface area contributed by atoms with Crippen molar-refractivity contribution in [3.8, 4) is 10.4 Å². The van der Waals surface area contributed by atoms with Gasteiger partial charge >= 0.3 is 5.97 Å². The summed E-state index contributed by atoms with van der Waals surface area (Å²) in [5.41, 5.74) is 1.39. The molecule has 0 aliphatic rings. The Morgan fingerprint density at radius 2 is 2.32 bits per heavy atom. The molecule has 2 heterocycles. The molecule has 2 N–H and O–H groups in total. The van der Waals surface area contributed by atoms with Gasteiger partial charge in [-0.15, -0.1) is 29.3 Å². The van der Waals surface area contributed by atoms with E-state index in [-0.39, 0.29) is 5.97 Å². The second-order valence-electron chi connectivity index (χ2n) is 4.17. The molecule has 4 nitrogen and oxygen atoms in total. The highest BCUT2D eigenvalue weighted by Gasteiger charge is 2.22. The monoisotopic (exact) mass is 352 g/mol. The quantitative estimate of drug-likeness (QED) is 0.465. The smallest absolute Gasteiger partial charge is 0.341 e. The number of hydrogen-bond donors (Lipinski definition) is 2. The first-order valence-electron chi connectivity index (χ1n) is 6.65. The van der Waals surface area contributed by atoms with Crippen LogP contribution in [-0.4, -0.2) is 24.2 Å². The average Bonchev–Trinajstić information content (AvgIpc) is 3.14. The number of anilines is 1. The number of nitrogens with one attached hydrogen (secondary N) is 2. The van der Waals surface area contributed by atoms with Crippen molar-refractivity contribution >= 4 is 51.0 Å². The summed E-state index contributed by atoms with van der Waals surface area (Å²) in [7, 11) is 0. The highest BCUT2D eigenvalue weighted by Crippen LogP contribution is 2.38. The van der Waals surface area contributed by atoms with Crippen LogP contribution in [-0.2, 0) is 4.74 Å². The number of esters is 1. The molecule has 22 heavy (non-hydrogen) atoms. The number of hydrogen-bond acceptors (Lipinski definition) is 5. The Hall–Kier alpha value is -1.70. The molecule has 2 aromatic rings. The summed E-state index contributed by atoms with van der Waals surface area (Å²) in [4.78, 5) is 13.3. The van der Waals surface area contributed by atoms with Crippen LogP contribution in [0, 0.1) is 0 Å². The Morgan fingerprint density at radius 1 is 1.50 bits per heavy atom. The molecular formula is C15H16N2O2S3. The van der Waals surface area contributed by atoms with Crippen molar-refractivity contribution in [1.82, 2.24) is 5.32 Å². The second-order valence-corrected chi connectivity index (χ2v) is 6.41. The van der Waals surface area contributed by atoms with Gasteiger partial charge < -0.3 is 15.4 Å². The lowest BCUT2D eigenvalue weighted by molar-refractivity contribution is 0.0529. The maximum Gasteiger partial charge on any atom is 0.341 e. The van der Waals surface area contributed by atoms with Crippen molar-refractivity contribution < 1.29 is 9.53 Å². The van der Waals surface area contributed by atoms with Crippen LogP contribution in [0.25, 0.3) is 10.4 Å². The van der Waals surface area contributed by atoms with Gasteiger partial charge in [0.25, 0.3) is 0 Å². The minimum absolute atomic E-state index is 0.331. The minimum atomic E-state index is -0.346. The van der Waals surface area contributed by atoms with Crippen LogP contribution < -0.4 is 10.6 Å². The summed E-state index contributed by atoms with van der Waals surface area (Å²) < 4.78 is 5.18. The molecule has 0 amide bonds. The molecule has 2 aromatic heterocycles. The Bertz CT molecular complexity index is 662. The van der Waals surface area contributed by atoms with E-state index in [2.05, 4.69) is 17.2 Å². The molecule has 0 saturated carbocycles. The van der Waals surface area contributed by atoms with Crippen LogP contribution in [0.4, 0.5) is 5.00 Å². The Labute approximate surface area is 142 Å². The first-order valence-corrected chi connectivity index (χ1v) is 8.82. The van der Waals surface area contributed by atoms with Crippen molar-refractivity contribution in [2.24, 2.45) is 0 Å². The van der Waals surface area contributed by atoms with E-state index in [1.807, 2.05) is 22.9 Å². The van der Waals surface area contributed by atoms with E-state index in [4.69, 9.17) is 17.0 Å². The standard InChI is InChI=1S/C15H16N2O2S3/c1-3-7-16-15(20)17-13-12(14(18)19-4-2)10(9-22-13)11-6-5-8-21-11/h3,5-6,8-9H,1,4,7H2,2H3,(H2,16,17,20). The third-order valence-electron chi connectivity index (χ3n) is 2.69. The van der Waals surface area contributed by atoms with Gasteiger partial charge in [0, 0.05) is 22.4 Å². The first kappa shape index (κ1) is 16.7. The van der Waals surface area contributed by atoms with Gasteiger partial charge in [-0.05, 0) is 30.6 Å². The molecular weight excluding hydrogens is 336 g/mol. The van der Waals surface area contributed by atoms with Crippen molar-refractivity contribution in [2.75, 3.05) is 18.5 Å². The molecule has 0 saturated heterocycles. The third-order valence-corrected chi connectivity index (χ3v) is 4.74. The molecule has 0 unspecified atom stereocenters. The molecule has 0 aromatic carbocycles. The summed E-state index contributed by atoms with van der Waals surface area (Å²) >= 11 is 8.22. The highest BCUT2D eigenvalue weighted by atomic mass is 32.1. The van der Waals surface area contributed by atoms with Crippen molar-refractivity contribution in [3.63, 3.8) is 0 Å². The maximum absolute atomic E-state index is 12.3. The molecule has 7 heteroatoms. The molecule has 0 bridgehead atoms. The highest BCUT2D eigenvalue weighted by molar-refractivity contribution is 7.80. The van der Waals surface area contributed by atoms with E-state index in [0.717, 1.165) is 10.4 Å². The molecule has 0 atom stereocenters. The number of thiophene rings is 2. The van der Waals surface area contributed by atoms with Gasteiger partial charge in [0.05, 0.1) is 6.61 Å². The van der Waals surface area contributed by atoms with Gasteiger partial charge in [-0.25, -0.2) is 4.79 Å². The molecule has 0 fully saturated rings. The zero-order valence-electron chi connectivity index (χ0n) is 12.0. The van der Waals surface area contributed by atoms with Crippen LogP contribution in [0.3, 0.4) is 0 Å². The molecule has 0 spiro atoms. The first-order chi connectivity index (χ1) is 10.7. The van der Waals surface area contributed by atoms with Gasteiger partial charge in [0.2, 0.25) is 0 Å². The van der Waals surface area contributed by atoms with E-state index < -0.39 is 0 Å². The fourth-order valence-electron chi connectivity index (χ4n) is 1.78. The van der Waals surface area contributed by atoms with Crippen molar-refractivity contribution in [1.29, 1.82) is 0 Å². The molecule has 0 radical (unpaired) electrons. The lowest BCUT2D eigenvalue weighted by atomic mass is 10.1. The van der Waals surface area contributed by atoms with Gasteiger partial charge in [0.1, 0.15) is 10.6 Å². The molecule has 2 rings (SSSR count). The number of rotatable bonds is 6. The number of thiocarbonyl (C=S) groups is 1. The normalized spacial score (nSPS) is 10.0. The van der Waals surface area contributed by atoms with Crippen LogP contribution in [0.5, 0.6) is 0 Å². The Kier molecular flexibility index (Phi) is 6.11. The average molecular weight is 353 g/mol. The van der Waals surface area contributed by atoms with Gasteiger partial charge in [0.15, 0.2) is 5.11 Å². The van der Waals surface area contributed by atoms with E-state index in [1.54, 1.807) is 24.3 Å². The van der Waals surface area contributed by atoms with Crippen molar-refractivity contribution in [2.45, 2.75) is 6.92 Å². The van der Waals surface area contributed by atoms with E-state index in [0.29, 0.717) is 28.8 Å². The predicted octanol–water partition coefficient (Wildman–Crippen LogP) is 4.13. The van der Waals surface area contributed by atoms with Crippen LogP contribution in [0.15, 0.2) is 35.5 Å². The van der Waals surface area contributed by atoms with Gasteiger partial charge in [-0.2, -0.15) is 0 Å². The van der Waals surface area contributed by atoms with Crippen LogP contribution in [0.1, 0.15) is 17.3 Å². The fourth-order valence-corrected chi connectivity index (χ4v) is 3.81. The molecule has 0 aliphatic carbocycles. The van der Waals surface area contributed by atoms with Crippen LogP contribution >= 0.6 is 34.9 Å². The predicted molar refractivity (Wildman–Crippen MR) is 98.0 cm³/mol. The lowest BCUT2D eigenvalue weighted by Crippen LogP contribution is -2.28. The zero-order valence-corrected chi connectivity index (χ0v) is 14.5. The fraction of sp³-hybridized carbons (Fsp3) is 0.200. The summed E-state index contributed by atoms with van der Waals surface area (Å²) in [5, 5.41) is 11.1. The molecule has 0 aliphatic heterocycles. The Morgan fingerprint density at radius 3 is 2.95 bits per heavy atom. The number of carbonyl (C=O) groups is 1. The minimum Gasteiger partial charge on any atom is -0.462 e. The summed E-state index contributed by atoms with van der Waals surface area (Å²) in [5.74, 6) is -0.346. The van der Waals surface area contributed by atoms with Crippen LogP contribution in [0.2, 0.25) is 0 Å². The summed E-state index contributed by atoms with van der Waals surface area (Å²) in [6.07, 6.45) is 1.71. The molecule has 116 valence electrons. The largest absolute Gasteiger partial charge is 0.462 e. The third kappa shape index (κ3) is 3.94. The SMILES string of the molecule is C=CCNC(=S)Nc1scc(-c2cccs2)c1C(=O)OCC. The van der Waals surface area contributed by atoms with Gasteiger partial charge in [-0.1, -0.05) is 12.1 Å². The maximum atomic E-state index is 12.3. The topological polar surface area (TPSA) is 50.4 Å². The van der Waals surface area contributed by atoms with E-state index in [1.165, 1.54) is 11.3 Å². The van der Waals surface area contributed by atoms with Crippen molar-refractivity contribution in [3.05, 3.63) is 41.1 Å². The summed E-state index contributed by atoms with van der Waals surface area (Å²) in [6.45, 7) is 6.31. The number of carbonyl (C=O) groups excluding carboxylic acids is 1. The zero-order chi connectivity index (χ0) is 15.9.